The molecule has 1 fully saturated rings. The quantitative estimate of drug-likeness (QED) is 0.427. The zero-order valence-electron chi connectivity index (χ0n) is 19.3. The first-order valence-electron chi connectivity index (χ1n) is 12.1. The third-order valence-corrected chi connectivity index (χ3v) is 7.59. The van der Waals surface area contributed by atoms with E-state index in [2.05, 4.69) is 4.90 Å². The summed E-state index contributed by atoms with van der Waals surface area (Å²) < 4.78 is 1.85. The minimum Gasteiger partial charge on any atom is -0.365 e. The predicted molar refractivity (Wildman–Crippen MR) is 133 cm³/mol. The van der Waals surface area contributed by atoms with Gasteiger partial charge in [0.2, 0.25) is 0 Å². The number of fused-ring (bicyclic) bond motifs is 5. The number of aryl methyl sites for hydroxylation is 1. The summed E-state index contributed by atoms with van der Waals surface area (Å²) in [6.07, 6.45) is 2.76. The molecule has 0 aliphatic carbocycles. The maximum absolute atomic E-state index is 13.4. The van der Waals surface area contributed by atoms with E-state index < -0.39 is 0 Å². The second-order valence-electron chi connectivity index (χ2n) is 9.75. The van der Waals surface area contributed by atoms with Crippen LogP contribution in [0.2, 0.25) is 0 Å². The van der Waals surface area contributed by atoms with E-state index in [1.165, 1.54) is 6.07 Å². The standard InChI is InChI=1S/C27H26N4O4/c32-26-9-3-8-23-21-13-18(16-30(23)26)15-28(17-21)24-11-10-20(14-25(24)31(34)35)27(33)29-12-4-6-19-5-1-2-7-22(19)29/h1-3,5,7-11,14,18,21H,4,6,12-13,15-17H2. The number of hydrogen-bond acceptors (Lipinski definition) is 5. The van der Waals surface area contributed by atoms with Crippen molar-refractivity contribution in [2.24, 2.45) is 5.92 Å². The van der Waals surface area contributed by atoms with Crippen molar-refractivity contribution in [3.8, 4) is 0 Å². The topological polar surface area (TPSA) is 88.7 Å². The molecule has 6 rings (SSSR count). The van der Waals surface area contributed by atoms with E-state index in [0.29, 0.717) is 37.4 Å². The minimum absolute atomic E-state index is 0.0128. The Labute approximate surface area is 202 Å². The zero-order chi connectivity index (χ0) is 24.1. The molecule has 2 unspecified atom stereocenters. The normalized spacial score (nSPS) is 20.7. The van der Waals surface area contributed by atoms with Gasteiger partial charge in [-0.1, -0.05) is 24.3 Å². The summed E-state index contributed by atoms with van der Waals surface area (Å²) >= 11 is 0. The van der Waals surface area contributed by atoms with Crippen LogP contribution in [-0.4, -0.2) is 35.0 Å². The maximum atomic E-state index is 13.4. The van der Waals surface area contributed by atoms with Crippen molar-refractivity contribution < 1.29 is 9.72 Å². The Morgan fingerprint density at radius 3 is 2.69 bits per heavy atom. The average Bonchev–Trinajstić information content (AvgIpc) is 2.88. The van der Waals surface area contributed by atoms with Crippen molar-refractivity contribution in [1.29, 1.82) is 0 Å². The fourth-order valence-corrected chi connectivity index (χ4v) is 6.06. The van der Waals surface area contributed by atoms with Gasteiger partial charge in [0, 0.05) is 61.2 Å². The molecule has 3 aliphatic rings. The Morgan fingerprint density at radius 1 is 0.971 bits per heavy atom. The molecule has 2 bridgehead atoms. The highest BCUT2D eigenvalue weighted by atomic mass is 16.6. The molecule has 8 nitrogen and oxygen atoms in total. The SMILES string of the molecule is O=C(c1ccc(N2CC3CC(C2)c2cccc(=O)n2C3)c([N+](=O)[O-])c1)N1CCCc2ccccc21. The van der Waals surface area contributed by atoms with Gasteiger partial charge < -0.3 is 14.4 Å². The fraction of sp³-hybridized carbons (Fsp3) is 0.333. The van der Waals surface area contributed by atoms with Crippen LogP contribution in [0, 0.1) is 16.0 Å². The molecular formula is C27H26N4O4. The predicted octanol–water partition coefficient (Wildman–Crippen LogP) is 3.97. The minimum atomic E-state index is -0.390. The Morgan fingerprint density at radius 2 is 1.83 bits per heavy atom. The molecule has 2 atom stereocenters. The molecule has 1 amide bonds. The number of amides is 1. The van der Waals surface area contributed by atoms with Crippen LogP contribution in [0.25, 0.3) is 0 Å². The van der Waals surface area contributed by atoms with Crippen LogP contribution in [-0.2, 0) is 13.0 Å². The highest BCUT2D eigenvalue weighted by molar-refractivity contribution is 6.07. The monoisotopic (exact) mass is 470 g/mol. The second kappa shape index (κ2) is 8.37. The Kier molecular flexibility index (Phi) is 5.16. The molecule has 4 heterocycles. The van der Waals surface area contributed by atoms with Crippen LogP contribution in [0.15, 0.2) is 65.5 Å². The third-order valence-electron chi connectivity index (χ3n) is 7.59. The van der Waals surface area contributed by atoms with Crippen LogP contribution >= 0.6 is 0 Å². The number of carbonyl (C=O) groups excluding carboxylic acids is 1. The molecule has 0 radical (unpaired) electrons. The Bertz CT molecular complexity index is 1400. The van der Waals surface area contributed by atoms with Crippen molar-refractivity contribution in [2.75, 3.05) is 29.4 Å². The summed E-state index contributed by atoms with van der Waals surface area (Å²) in [6.45, 7) is 2.47. The highest BCUT2D eigenvalue weighted by Gasteiger charge is 2.37. The maximum Gasteiger partial charge on any atom is 0.293 e. The van der Waals surface area contributed by atoms with Crippen molar-refractivity contribution in [3.05, 3.63) is 98.0 Å². The second-order valence-corrected chi connectivity index (χ2v) is 9.75. The number of pyridine rings is 1. The Hall–Kier alpha value is -3.94. The number of para-hydroxylation sites is 1. The molecule has 0 N–H and O–H groups in total. The van der Waals surface area contributed by atoms with Gasteiger partial charge in [-0.15, -0.1) is 0 Å². The molecule has 178 valence electrons. The number of anilines is 2. The molecule has 1 aromatic heterocycles. The first kappa shape index (κ1) is 21.6. The van der Waals surface area contributed by atoms with Gasteiger partial charge >= 0.3 is 0 Å². The van der Waals surface area contributed by atoms with Gasteiger partial charge in [-0.3, -0.25) is 19.7 Å². The van der Waals surface area contributed by atoms with Crippen molar-refractivity contribution in [3.63, 3.8) is 0 Å². The lowest BCUT2D eigenvalue weighted by Crippen LogP contribution is -2.47. The number of rotatable bonds is 3. The summed E-state index contributed by atoms with van der Waals surface area (Å²) in [4.78, 5) is 41.2. The molecule has 3 aliphatic heterocycles. The van der Waals surface area contributed by atoms with Crippen LogP contribution in [0.3, 0.4) is 0 Å². The van der Waals surface area contributed by atoms with Crippen molar-refractivity contribution >= 4 is 23.0 Å². The largest absolute Gasteiger partial charge is 0.365 e. The number of benzene rings is 2. The van der Waals surface area contributed by atoms with Crippen LogP contribution in [0.1, 0.15) is 40.4 Å². The first-order chi connectivity index (χ1) is 17.0. The summed E-state index contributed by atoms with van der Waals surface area (Å²) in [5.41, 5.74) is 3.83. The molecule has 1 saturated heterocycles. The van der Waals surface area contributed by atoms with Gasteiger partial charge in [0.25, 0.3) is 17.2 Å². The summed E-state index contributed by atoms with van der Waals surface area (Å²) in [6, 6.07) is 18.1. The molecule has 3 aromatic rings. The van der Waals surface area contributed by atoms with E-state index in [9.17, 15) is 19.7 Å². The van der Waals surface area contributed by atoms with Gasteiger partial charge in [0.1, 0.15) is 5.69 Å². The molecule has 35 heavy (non-hydrogen) atoms. The number of carbonyl (C=O) groups is 1. The highest BCUT2D eigenvalue weighted by Crippen LogP contribution is 2.40. The summed E-state index contributed by atoms with van der Waals surface area (Å²) in [5.74, 6) is 0.171. The van der Waals surface area contributed by atoms with Gasteiger partial charge in [0.05, 0.1) is 4.92 Å². The number of hydrogen-bond donors (Lipinski definition) is 0. The van der Waals surface area contributed by atoms with Crippen LogP contribution < -0.4 is 15.4 Å². The van der Waals surface area contributed by atoms with Crippen LogP contribution in [0.4, 0.5) is 17.1 Å². The van der Waals surface area contributed by atoms with E-state index >= 15 is 0 Å². The fourth-order valence-electron chi connectivity index (χ4n) is 6.06. The number of nitro benzene ring substituents is 1. The van der Waals surface area contributed by atoms with E-state index in [1.807, 2.05) is 34.9 Å². The lowest BCUT2D eigenvalue weighted by atomic mass is 9.83. The number of aromatic nitrogens is 1. The van der Waals surface area contributed by atoms with Gasteiger partial charge in [-0.25, -0.2) is 0 Å². The molecule has 0 spiro atoms. The lowest BCUT2D eigenvalue weighted by molar-refractivity contribution is -0.384. The van der Waals surface area contributed by atoms with E-state index in [-0.39, 0.29) is 33.9 Å². The average molecular weight is 471 g/mol. The van der Waals surface area contributed by atoms with Crippen LogP contribution in [0.5, 0.6) is 0 Å². The number of piperidine rings is 1. The van der Waals surface area contributed by atoms with Gasteiger partial charge in [0.15, 0.2) is 0 Å². The van der Waals surface area contributed by atoms with Crippen molar-refractivity contribution in [2.45, 2.75) is 31.7 Å². The zero-order valence-corrected chi connectivity index (χ0v) is 19.3. The Balaban J connectivity index is 1.32. The van der Waals surface area contributed by atoms with Gasteiger partial charge in [-0.2, -0.15) is 0 Å². The summed E-state index contributed by atoms with van der Waals surface area (Å²) in [5, 5.41) is 12.1. The van der Waals surface area contributed by atoms with Crippen molar-refractivity contribution in [1.82, 2.24) is 4.57 Å². The first-order valence-corrected chi connectivity index (χ1v) is 12.1. The van der Waals surface area contributed by atoms with E-state index in [1.54, 1.807) is 29.2 Å². The lowest BCUT2D eigenvalue weighted by Gasteiger charge is -2.43. The van der Waals surface area contributed by atoms with Gasteiger partial charge in [-0.05, 0) is 55.0 Å². The van der Waals surface area contributed by atoms with E-state index in [0.717, 1.165) is 36.2 Å². The molecular weight excluding hydrogens is 444 g/mol. The molecule has 2 aromatic carbocycles. The third kappa shape index (κ3) is 3.69. The smallest absolute Gasteiger partial charge is 0.293 e. The number of nitrogens with zero attached hydrogens (tertiary/aromatic N) is 4. The number of nitro groups is 1. The molecule has 0 saturated carbocycles. The van der Waals surface area contributed by atoms with E-state index in [4.69, 9.17) is 0 Å². The summed E-state index contributed by atoms with van der Waals surface area (Å²) in [7, 11) is 0. The molecule has 8 heteroatoms.